The Morgan fingerprint density at radius 3 is 3.04 bits per heavy atom. The number of nitrogens with zero attached hydrogens (tertiary/aromatic N) is 1. The summed E-state index contributed by atoms with van der Waals surface area (Å²) >= 11 is 0. The fourth-order valence-corrected chi connectivity index (χ4v) is 2.73. The molecule has 7 heteroatoms. The zero-order valence-electron chi connectivity index (χ0n) is 13.0. The van der Waals surface area contributed by atoms with Crippen LogP contribution >= 0.6 is 0 Å². The van der Waals surface area contributed by atoms with Gasteiger partial charge in [-0.3, -0.25) is 9.69 Å². The minimum Gasteiger partial charge on any atom is -0.497 e. The van der Waals surface area contributed by atoms with Crippen LogP contribution in [0.3, 0.4) is 0 Å². The molecule has 124 valence electrons. The molecule has 1 saturated heterocycles. The Hall–Kier alpha value is -2.44. The molecule has 1 fully saturated rings. The number of carbonyl (C=O) groups excluding carboxylic acids is 2. The van der Waals surface area contributed by atoms with Crippen molar-refractivity contribution in [2.75, 3.05) is 40.0 Å². The maximum atomic E-state index is 11.9. The van der Waals surface area contributed by atoms with Gasteiger partial charge >= 0.3 is 6.09 Å². The van der Waals surface area contributed by atoms with E-state index >= 15 is 0 Å². The molecule has 0 spiro atoms. The van der Waals surface area contributed by atoms with Crippen molar-refractivity contribution in [1.29, 1.82) is 0 Å². The van der Waals surface area contributed by atoms with Crippen LogP contribution in [-0.2, 0) is 16.0 Å². The number of cyclic esters (lactones) is 1. The van der Waals surface area contributed by atoms with Crippen molar-refractivity contribution in [1.82, 2.24) is 10.2 Å². The molecule has 2 aliphatic heterocycles. The number of methoxy groups -OCH3 is 1. The zero-order chi connectivity index (χ0) is 16.2. The quantitative estimate of drug-likeness (QED) is 0.869. The average molecular weight is 320 g/mol. The summed E-state index contributed by atoms with van der Waals surface area (Å²) in [6.07, 6.45) is 0.412. The van der Waals surface area contributed by atoms with Crippen molar-refractivity contribution in [2.45, 2.75) is 6.42 Å². The Balaban J connectivity index is 1.48. The van der Waals surface area contributed by atoms with Gasteiger partial charge < -0.3 is 19.5 Å². The van der Waals surface area contributed by atoms with Crippen molar-refractivity contribution in [2.24, 2.45) is 5.92 Å². The largest absolute Gasteiger partial charge is 0.497 e. The van der Waals surface area contributed by atoms with E-state index in [1.165, 1.54) is 4.90 Å². The molecule has 2 amide bonds. The first-order valence-electron chi connectivity index (χ1n) is 7.64. The molecule has 0 unspecified atom stereocenters. The van der Waals surface area contributed by atoms with Gasteiger partial charge in [-0.05, 0) is 18.1 Å². The number of nitrogens with one attached hydrogen (secondary N) is 1. The number of hydrogen-bond acceptors (Lipinski definition) is 5. The van der Waals surface area contributed by atoms with Crippen molar-refractivity contribution in [3.05, 3.63) is 23.8 Å². The summed E-state index contributed by atoms with van der Waals surface area (Å²) in [5.74, 6) is 1.65. The van der Waals surface area contributed by atoms with E-state index in [0.29, 0.717) is 26.3 Å². The third-order valence-electron chi connectivity index (χ3n) is 4.02. The Bertz CT molecular complexity index is 604. The van der Waals surface area contributed by atoms with Gasteiger partial charge in [-0.1, -0.05) is 6.07 Å². The van der Waals surface area contributed by atoms with E-state index in [0.717, 1.165) is 23.5 Å². The van der Waals surface area contributed by atoms with Crippen molar-refractivity contribution in [3.8, 4) is 11.5 Å². The molecule has 0 aromatic heterocycles. The molecule has 7 nitrogen and oxygen atoms in total. The van der Waals surface area contributed by atoms with Gasteiger partial charge in [0.1, 0.15) is 24.7 Å². The van der Waals surface area contributed by atoms with Crippen LogP contribution in [0.25, 0.3) is 0 Å². The summed E-state index contributed by atoms with van der Waals surface area (Å²) in [5.41, 5.74) is 1.11. The lowest BCUT2D eigenvalue weighted by Crippen LogP contribution is -2.41. The van der Waals surface area contributed by atoms with Gasteiger partial charge in [0, 0.05) is 18.5 Å². The normalized spacial score (nSPS) is 19.6. The molecule has 1 atom stereocenters. The van der Waals surface area contributed by atoms with Gasteiger partial charge in [0.15, 0.2) is 0 Å². The summed E-state index contributed by atoms with van der Waals surface area (Å²) in [5, 5.41) is 2.86. The second-order valence-electron chi connectivity index (χ2n) is 5.69. The second-order valence-corrected chi connectivity index (χ2v) is 5.69. The minimum atomic E-state index is -0.427. The molecule has 0 aliphatic carbocycles. The van der Waals surface area contributed by atoms with E-state index in [1.807, 2.05) is 18.2 Å². The van der Waals surface area contributed by atoms with E-state index in [1.54, 1.807) is 7.11 Å². The summed E-state index contributed by atoms with van der Waals surface area (Å²) in [6.45, 7) is 1.93. The van der Waals surface area contributed by atoms with Crippen LogP contribution < -0.4 is 14.8 Å². The summed E-state index contributed by atoms with van der Waals surface area (Å²) in [6, 6.07) is 5.77. The monoisotopic (exact) mass is 320 g/mol. The Morgan fingerprint density at radius 1 is 1.43 bits per heavy atom. The third-order valence-corrected chi connectivity index (χ3v) is 4.02. The van der Waals surface area contributed by atoms with Crippen LogP contribution in [-0.4, -0.2) is 56.9 Å². The van der Waals surface area contributed by atoms with Gasteiger partial charge in [-0.2, -0.15) is 0 Å². The first kappa shape index (κ1) is 15.5. The Labute approximate surface area is 134 Å². The van der Waals surface area contributed by atoms with Crippen molar-refractivity contribution in [3.63, 3.8) is 0 Å². The number of fused-ring (bicyclic) bond motifs is 1. The van der Waals surface area contributed by atoms with Crippen LogP contribution in [0.5, 0.6) is 11.5 Å². The third kappa shape index (κ3) is 3.67. The van der Waals surface area contributed by atoms with E-state index in [9.17, 15) is 9.59 Å². The predicted octanol–water partition coefficient (Wildman–Crippen LogP) is 0.815. The molecule has 2 heterocycles. The fraction of sp³-hybridized carbons (Fsp3) is 0.500. The molecule has 1 aromatic rings. The van der Waals surface area contributed by atoms with Crippen molar-refractivity contribution >= 4 is 12.0 Å². The molecule has 0 radical (unpaired) electrons. The fourth-order valence-electron chi connectivity index (χ4n) is 2.73. The summed E-state index contributed by atoms with van der Waals surface area (Å²) in [7, 11) is 1.62. The van der Waals surface area contributed by atoms with Crippen LogP contribution in [0, 0.1) is 5.92 Å². The Kier molecular flexibility index (Phi) is 4.55. The average Bonchev–Trinajstić information content (AvgIpc) is 2.97. The molecular weight excluding hydrogens is 300 g/mol. The number of benzene rings is 1. The molecule has 0 saturated carbocycles. The molecule has 2 aliphatic rings. The predicted molar refractivity (Wildman–Crippen MR) is 81.6 cm³/mol. The molecule has 0 bridgehead atoms. The number of rotatable bonds is 5. The van der Waals surface area contributed by atoms with Gasteiger partial charge in [-0.25, -0.2) is 4.79 Å². The van der Waals surface area contributed by atoms with Crippen LogP contribution in [0.4, 0.5) is 4.79 Å². The highest BCUT2D eigenvalue weighted by molar-refractivity contribution is 5.82. The second kappa shape index (κ2) is 6.76. The number of amides is 2. The van der Waals surface area contributed by atoms with Gasteiger partial charge in [-0.15, -0.1) is 0 Å². The van der Waals surface area contributed by atoms with E-state index in [4.69, 9.17) is 14.2 Å². The lowest BCUT2D eigenvalue weighted by molar-refractivity contribution is -0.121. The number of carbonyl (C=O) groups is 2. The highest BCUT2D eigenvalue weighted by Gasteiger charge is 2.25. The van der Waals surface area contributed by atoms with Crippen LogP contribution in [0.2, 0.25) is 0 Å². The topological polar surface area (TPSA) is 77.1 Å². The minimum absolute atomic E-state index is 0.0419. The standard InChI is InChI=1S/C16H20N2O5/c1-21-13-3-2-12-6-11(10-23-14(12)7-13)8-17-15(19)9-18-4-5-22-16(18)20/h2-3,7,11H,4-6,8-10H2,1H3,(H,17,19)/t11-/m0/s1. The van der Waals surface area contributed by atoms with Gasteiger partial charge in [0.05, 0.1) is 20.3 Å². The van der Waals surface area contributed by atoms with E-state index < -0.39 is 6.09 Å². The summed E-state index contributed by atoms with van der Waals surface area (Å²) in [4.78, 5) is 24.6. The molecule has 1 N–H and O–H groups in total. The smallest absolute Gasteiger partial charge is 0.410 e. The van der Waals surface area contributed by atoms with Gasteiger partial charge in [0.2, 0.25) is 5.91 Å². The Morgan fingerprint density at radius 2 is 2.30 bits per heavy atom. The highest BCUT2D eigenvalue weighted by Crippen LogP contribution is 2.30. The van der Waals surface area contributed by atoms with Crippen LogP contribution in [0.1, 0.15) is 5.56 Å². The maximum Gasteiger partial charge on any atom is 0.410 e. The van der Waals surface area contributed by atoms with Crippen molar-refractivity contribution < 1.29 is 23.8 Å². The zero-order valence-corrected chi connectivity index (χ0v) is 13.0. The first-order chi connectivity index (χ1) is 11.2. The molecule has 23 heavy (non-hydrogen) atoms. The van der Waals surface area contributed by atoms with E-state index in [-0.39, 0.29) is 18.4 Å². The highest BCUT2D eigenvalue weighted by atomic mass is 16.6. The molecule has 3 rings (SSSR count). The maximum absolute atomic E-state index is 11.9. The first-order valence-corrected chi connectivity index (χ1v) is 7.64. The van der Waals surface area contributed by atoms with Crippen LogP contribution in [0.15, 0.2) is 18.2 Å². The molecule has 1 aromatic carbocycles. The van der Waals surface area contributed by atoms with Gasteiger partial charge in [0.25, 0.3) is 0 Å². The lowest BCUT2D eigenvalue weighted by Gasteiger charge is -2.26. The number of hydrogen-bond donors (Lipinski definition) is 1. The van der Waals surface area contributed by atoms with E-state index in [2.05, 4.69) is 5.32 Å². The SMILES string of the molecule is COc1ccc2c(c1)OC[C@H](CNC(=O)CN1CCOC1=O)C2. The number of ether oxygens (including phenoxy) is 3. The summed E-state index contributed by atoms with van der Waals surface area (Å²) < 4.78 is 15.7. The lowest BCUT2D eigenvalue weighted by atomic mass is 9.96. The molecular formula is C16H20N2O5.